The summed E-state index contributed by atoms with van der Waals surface area (Å²) in [5.74, 6) is -0.655. The highest BCUT2D eigenvalue weighted by molar-refractivity contribution is 5.93. The fourth-order valence-corrected chi connectivity index (χ4v) is 1.87. The predicted octanol–water partition coefficient (Wildman–Crippen LogP) is 1.65. The Kier molecular flexibility index (Phi) is 4.11. The van der Waals surface area contributed by atoms with E-state index in [1.165, 1.54) is 31.2 Å². The standard InChI is InChI=1S/C12H11N5O5/c1-8-13-6-12(17(21)22)15(8)7-11(18)14-9-4-2-3-5-10(9)16(19)20/h2-6H,7H2,1H3,(H,14,18). The van der Waals surface area contributed by atoms with Crippen LogP contribution in [0.5, 0.6) is 0 Å². The molecule has 2 rings (SSSR count). The van der Waals surface area contributed by atoms with Crippen molar-refractivity contribution in [3.63, 3.8) is 0 Å². The first-order chi connectivity index (χ1) is 10.4. The molecule has 1 N–H and O–H groups in total. The van der Waals surface area contributed by atoms with E-state index >= 15 is 0 Å². The summed E-state index contributed by atoms with van der Waals surface area (Å²) in [4.78, 5) is 36.2. The zero-order chi connectivity index (χ0) is 16.3. The zero-order valence-corrected chi connectivity index (χ0v) is 11.4. The van der Waals surface area contributed by atoms with Gasteiger partial charge in [-0.15, -0.1) is 0 Å². The molecule has 0 aliphatic heterocycles. The number of rotatable bonds is 5. The molecule has 10 heteroatoms. The van der Waals surface area contributed by atoms with Crippen LogP contribution < -0.4 is 5.32 Å². The minimum Gasteiger partial charge on any atom is -0.358 e. The number of hydrogen-bond acceptors (Lipinski definition) is 6. The van der Waals surface area contributed by atoms with Crippen molar-refractivity contribution in [3.05, 3.63) is 56.5 Å². The second-order valence-electron chi connectivity index (χ2n) is 4.33. The summed E-state index contributed by atoms with van der Waals surface area (Å²) in [5, 5.41) is 24.1. The number of carbonyl (C=O) groups excluding carboxylic acids is 1. The molecule has 0 saturated carbocycles. The van der Waals surface area contributed by atoms with Crippen molar-refractivity contribution in [2.24, 2.45) is 0 Å². The lowest BCUT2D eigenvalue weighted by Crippen LogP contribution is -2.21. The molecule has 0 radical (unpaired) electrons. The first kappa shape index (κ1) is 15.1. The van der Waals surface area contributed by atoms with Gasteiger partial charge in [0.25, 0.3) is 11.6 Å². The van der Waals surface area contributed by atoms with Crippen LogP contribution in [0, 0.1) is 27.2 Å². The van der Waals surface area contributed by atoms with Crippen LogP contribution in [-0.2, 0) is 11.3 Å². The van der Waals surface area contributed by atoms with Gasteiger partial charge in [-0.05, 0) is 11.0 Å². The van der Waals surface area contributed by atoms with E-state index in [-0.39, 0.29) is 23.7 Å². The molecule has 22 heavy (non-hydrogen) atoms. The zero-order valence-electron chi connectivity index (χ0n) is 11.4. The molecule has 0 aliphatic rings. The highest BCUT2D eigenvalue weighted by Crippen LogP contribution is 2.23. The number of nitrogens with one attached hydrogen (secondary N) is 1. The maximum absolute atomic E-state index is 12.0. The summed E-state index contributed by atoms with van der Waals surface area (Å²) in [6.07, 6.45) is 1.05. The molecule has 1 aromatic heterocycles. The van der Waals surface area contributed by atoms with Crippen LogP contribution in [0.2, 0.25) is 0 Å². The first-order valence-corrected chi connectivity index (χ1v) is 6.10. The van der Waals surface area contributed by atoms with Gasteiger partial charge in [-0.2, -0.15) is 0 Å². The summed E-state index contributed by atoms with van der Waals surface area (Å²) < 4.78 is 1.12. The Balaban J connectivity index is 2.20. The van der Waals surface area contributed by atoms with Crippen molar-refractivity contribution in [2.75, 3.05) is 5.32 Å². The lowest BCUT2D eigenvalue weighted by molar-refractivity contribution is -0.392. The number of para-hydroxylation sites is 2. The molecule has 0 fully saturated rings. The summed E-state index contributed by atoms with van der Waals surface area (Å²) in [5.41, 5.74) is -0.231. The van der Waals surface area contributed by atoms with E-state index in [2.05, 4.69) is 10.3 Å². The van der Waals surface area contributed by atoms with Crippen LogP contribution >= 0.6 is 0 Å². The average molecular weight is 305 g/mol. The quantitative estimate of drug-likeness (QED) is 0.659. The fraction of sp³-hybridized carbons (Fsp3) is 0.167. The minimum atomic E-state index is -0.655. The molecule has 0 bridgehead atoms. The van der Waals surface area contributed by atoms with Gasteiger partial charge in [0.1, 0.15) is 11.9 Å². The van der Waals surface area contributed by atoms with Crippen molar-refractivity contribution >= 4 is 23.1 Å². The molecule has 0 saturated heterocycles. The van der Waals surface area contributed by atoms with Gasteiger partial charge in [-0.3, -0.25) is 14.9 Å². The molecule has 0 spiro atoms. The van der Waals surface area contributed by atoms with Crippen LogP contribution in [0.4, 0.5) is 17.2 Å². The molecule has 0 atom stereocenters. The number of aryl methyl sites for hydroxylation is 1. The Morgan fingerprint density at radius 3 is 2.59 bits per heavy atom. The molecule has 1 heterocycles. The largest absolute Gasteiger partial charge is 0.358 e. The first-order valence-electron chi connectivity index (χ1n) is 6.10. The number of nitro benzene ring substituents is 1. The van der Waals surface area contributed by atoms with Gasteiger partial charge in [-0.25, -0.2) is 9.55 Å². The molecule has 1 amide bonds. The minimum absolute atomic E-state index is 0.0259. The summed E-state index contributed by atoms with van der Waals surface area (Å²) >= 11 is 0. The number of benzene rings is 1. The normalized spacial score (nSPS) is 10.2. The highest BCUT2D eigenvalue weighted by atomic mass is 16.6. The lowest BCUT2D eigenvalue weighted by atomic mass is 10.2. The summed E-state index contributed by atoms with van der Waals surface area (Å²) in [7, 11) is 0. The Morgan fingerprint density at radius 2 is 1.95 bits per heavy atom. The topological polar surface area (TPSA) is 133 Å². The monoisotopic (exact) mass is 305 g/mol. The van der Waals surface area contributed by atoms with Crippen molar-refractivity contribution in [2.45, 2.75) is 13.5 Å². The highest BCUT2D eigenvalue weighted by Gasteiger charge is 2.22. The van der Waals surface area contributed by atoms with Crippen LogP contribution in [0.25, 0.3) is 0 Å². The van der Waals surface area contributed by atoms with Crippen molar-refractivity contribution in [3.8, 4) is 0 Å². The number of amides is 1. The van der Waals surface area contributed by atoms with Gasteiger partial charge < -0.3 is 15.4 Å². The maximum Gasteiger partial charge on any atom is 0.343 e. The van der Waals surface area contributed by atoms with E-state index in [0.29, 0.717) is 5.82 Å². The van der Waals surface area contributed by atoms with Crippen molar-refractivity contribution < 1.29 is 14.6 Å². The molecular formula is C12H11N5O5. The van der Waals surface area contributed by atoms with Gasteiger partial charge in [0.05, 0.1) is 4.92 Å². The Bertz CT molecular complexity index is 754. The molecule has 1 aromatic carbocycles. The van der Waals surface area contributed by atoms with E-state index in [1.807, 2.05) is 0 Å². The Hall–Kier alpha value is -3.30. The number of imidazole rings is 1. The fourth-order valence-electron chi connectivity index (χ4n) is 1.87. The number of nitrogens with zero attached hydrogens (tertiary/aromatic N) is 4. The molecule has 2 aromatic rings. The predicted molar refractivity (Wildman–Crippen MR) is 75.3 cm³/mol. The van der Waals surface area contributed by atoms with Crippen molar-refractivity contribution in [1.29, 1.82) is 0 Å². The van der Waals surface area contributed by atoms with E-state index in [1.54, 1.807) is 0 Å². The maximum atomic E-state index is 12.0. The number of hydrogen-bond donors (Lipinski definition) is 1. The van der Waals surface area contributed by atoms with E-state index in [4.69, 9.17) is 0 Å². The second kappa shape index (κ2) is 5.99. The SMILES string of the molecule is Cc1ncc([N+](=O)[O-])n1CC(=O)Nc1ccccc1[N+](=O)[O-]. The van der Waals surface area contributed by atoms with E-state index in [0.717, 1.165) is 10.8 Å². The van der Waals surface area contributed by atoms with Gasteiger partial charge >= 0.3 is 5.82 Å². The van der Waals surface area contributed by atoms with Crippen LogP contribution in [-0.4, -0.2) is 25.3 Å². The van der Waals surface area contributed by atoms with Crippen LogP contribution in [0.3, 0.4) is 0 Å². The van der Waals surface area contributed by atoms with Gasteiger partial charge in [0, 0.05) is 13.0 Å². The average Bonchev–Trinajstić information content (AvgIpc) is 2.80. The molecule has 114 valence electrons. The van der Waals surface area contributed by atoms with Crippen LogP contribution in [0.1, 0.15) is 5.82 Å². The number of aromatic nitrogens is 2. The number of nitro groups is 2. The smallest absolute Gasteiger partial charge is 0.343 e. The summed E-state index contributed by atoms with van der Waals surface area (Å²) in [6.45, 7) is 1.15. The molecule has 0 unspecified atom stereocenters. The third-order valence-electron chi connectivity index (χ3n) is 2.90. The Labute approximate surface area is 123 Å². The number of carbonyl (C=O) groups is 1. The number of anilines is 1. The van der Waals surface area contributed by atoms with E-state index in [9.17, 15) is 25.0 Å². The molecule has 10 nitrogen and oxygen atoms in total. The Morgan fingerprint density at radius 1 is 1.27 bits per heavy atom. The lowest BCUT2D eigenvalue weighted by Gasteiger charge is -2.06. The third kappa shape index (κ3) is 3.06. The van der Waals surface area contributed by atoms with Crippen LogP contribution in [0.15, 0.2) is 30.5 Å². The molecule has 0 aliphatic carbocycles. The second-order valence-corrected chi connectivity index (χ2v) is 4.33. The van der Waals surface area contributed by atoms with E-state index < -0.39 is 15.8 Å². The van der Waals surface area contributed by atoms with Gasteiger partial charge in [-0.1, -0.05) is 12.1 Å². The van der Waals surface area contributed by atoms with Gasteiger partial charge in [0.2, 0.25) is 0 Å². The molecular weight excluding hydrogens is 294 g/mol. The van der Waals surface area contributed by atoms with Crippen molar-refractivity contribution in [1.82, 2.24) is 9.55 Å². The van der Waals surface area contributed by atoms with Gasteiger partial charge in [0.15, 0.2) is 12.4 Å². The summed E-state index contributed by atoms with van der Waals surface area (Å²) in [6, 6.07) is 5.64. The third-order valence-corrected chi connectivity index (χ3v) is 2.90.